The maximum absolute atomic E-state index is 12.8. The number of thiazole rings is 1. The maximum Gasteiger partial charge on any atom is 0.231 e. The summed E-state index contributed by atoms with van der Waals surface area (Å²) in [4.78, 5) is 23.0. The van der Waals surface area contributed by atoms with Crippen LogP contribution >= 0.6 is 34.7 Å². The molecule has 0 saturated carbocycles. The minimum absolute atomic E-state index is 0.0787. The van der Waals surface area contributed by atoms with Gasteiger partial charge < -0.3 is 4.90 Å². The van der Waals surface area contributed by atoms with E-state index in [2.05, 4.69) is 16.9 Å². The average Bonchev–Trinajstić information content (AvgIpc) is 2.96. The van der Waals surface area contributed by atoms with Gasteiger partial charge in [-0.3, -0.25) is 9.78 Å². The van der Waals surface area contributed by atoms with E-state index in [-0.39, 0.29) is 17.1 Å². The summed E-state index contributed by atoms with van der Waals surface area (Å²) in [5, 5.41) is 2.10. The van der Waals surface area contributed by atoms with Crippen molar-refractivity contribution in [3.8, 4) is 10.6 Å². The van der Waals surface area contributed by atoms with Crippen LogP contribution < -0.4 is 4.90 Å². The third-order valence-electron chi connectivity index (χ3n) is 3.77. The molecule has 0 N–H and O–H groups in total. The molecule has 2 aromatic rings. The van der Waals surface area contributed by atoms with Crippen molar-refractivity contribution in [1.82, 2.24) is 9.97 Å². The number of carbonyl (C=O) groups excluding carboxylic acids is 1. The predicted molar refractivity (Wildman–Crippen MR) is 101 cm³/mol. The van der Waals surface area contributed by atoms with Crippen molar-refractivity contribution in [3.63, 3.8) is 0 Å². The molecule has 0 saturated heterocycles. The lowest BCUT2D eigenvalue weighted by molar-refractivity contribution is -0.121. The number of pyridine rings is 1. The predicted octanol–water partition coefficient (Wildman–Crippen LogP) is 4.60. The summed E-state index contributed by atoms with van der Waals surface area (Å²) in [6, 6.07) is 3.79. The van der Waals surface area contributed by atoms with E-state index in [1.807, 2.05) is 32.2 Å². The van der Waals surface area contributed by atoms with Crippen LogP contribution in [0.4, 0.5) is 5.00 Å². The molecule has 0 fully saturated rings. The fourth-order valence-corrected chi connectivity index (χ4v) is 4.02. The molecule has 0 spiro atoms. The summed E-state index contributed by atoms with van der Waals surface area (Å²) in [6.45, 7) is 6.55. The Hall–Kier alpha value is -1.11. The van der Waals surface area contributed by atoms with Crippen LogP contribution in [-0.2, 0) is 4.79 Å². The number of carbonyl (C=O) groups is 1. The zero-order valence-corrected chi connectivity index (χ0v) is 16.0. The first-order chi connectivity index (χ1) is 11.0. The highest BCUT2D eigenvalue weighted by atomic mass is 35.5. The molecule has 2 aromatic heterocycles. The highest BCUT2D eigenvalue weighted by Crippen LogP contribution is 2.38. The van der Waals surface area contributed by atoms with Gasteiger partial charge in [-0.1, -0.05) is 36.8 Å². The molecule has 0 aliphatic carbocycles. The second kappa shape index (κ2) is 8.13. The Morgan fingerprint density at radius 2 is 2.22 bits per heavy atom. The molecule has 4 nitrogen and oxygen atoms in total. The number of aromatic nitrogens is 2. The van der Waals surface area contributed by atoms with Crippen LogP contribution in [0.2, 0.25) is 5.15 Å². The monoisotopic (exact) mass is 369 g/mol. The van der Waals surface area contributed by atoms with E-state index in [1.54, 1.807) is 29.1 Å². The van der Waals surface area contributed by atoms with E-state index in [4.69, 9.17) is 11.6 Å². The van der Waals surface area contributed by atoms with Crippen LogP contribution in [-0.4, -0.2) is 33.9 Å². The third kappa shape index (κ3) is 4.05. The largest absolute Gasteiger partial charge is 0.301 e. The number of hydrogen-bond donors (Lipinski definition) is 0. The van der Waals surface area contributed by atoms with Crippen LogP contribution in [0, 0.1) is 5.92 Å². The Kier molecular flexibility index (Phi) is 6.44. The normalized spacial score (nSPS) is 13.6. The molecule has 2 heterocycles. The van der Waals surface area contributed by atoms with Gasteiger partial charge in [0.15, 0.2) is 5.15 Å². The Morgan fingerprint density at radius 3 is 2.78 bits per heavy atom. The van der Waals surface area contributed by atoms with Crippen molar-refractivity contribution in [2.45, 2.75) is 26.0 Å². The first-order valence-electron chi connectivity index (χ1n) is 7.40. The van der Waals surface area contributed by atoms with Gasteiger partial charge in [-0.05, 0) is 25.3 Å². The van der Waals surface area contributed by atoms with Crippen LogP contribution in [0.3, 0.4) is 0 Å². The van der Waals surface area contributed by atoms with E-state index >= 15 is 0 Å². The van der Waals surface area contributed by atoms with Gasteiger partial charge in [-0.15, -0.1) is 0 Å². The number of thioether (sulfide) groups is 1. The Morgan fingerprint density at radius 1 is 1.48 bits per heavy atom. The second-order valence-corrected chi connectivity index (χ2v) is 7.72. The molecule has 0 aliphatic rings. The lowest BCUT2D eigenvalue weighted by Crippen LogP contribution is -2.38. The van der Waals surface area contributed by atoms with Crippen molar-refractivity contribution >= 4 is 45.6 Å². The minimum atomic E-state index is -0.0787. The molecule has 0 radical (unpaired) electrons. The molecular formula is C16H20ClN3OS2. The minimum Gasteiger partial charge on any atom is -0.301 e. The summed E-state index contributed by atoms with van der Waals surface area (Å²) in [5.74, 6) is 0.00240. The SMILES string of the molecule is CCN(C(=O)C(C)C(C)SC)c1sc(-c2cccnc2)nc1Cl. The molecule has 23 heavy (non-hydrogen) atoms. The molecule has 0 bridgehead atoms. The van der Waals surface area contributed by atoms with Gasteiger partial charge >= 0.3 is 0 Å². The Balaban J connectivity index is 2.32. The number of rotatable bonds is 6. The molecule has 2 unspecified atom stereocenters. The van der Waals surface area contributed by atoms with Crippen LogP contribution in [0.15, 0.2) is 24.5 Å². The van der Waals surface area contributed by atoms with Crippen molar-refractivity contribution in [1.29, 1.82) is 0 Å². The van der Waals surface area contributed by atoms with Crippen molar-refractivity contribution in [2.24, 2.45) is 5.92 Å². The van der Waals surface area contributed by atoms with Gasteiger partial charge in [0.05, 0.1) is 0 Å². The van der Waals surface area contributed by atoms with Gasteiger partial charge in [0, 0.05) is 35.7 Å². The van der Waals surface area contributed by atoms with Crippen LogP contribution in [0.1, 0.15) is 20.8 Å². The summed E-state index contributed by atoms with van der Waals surface area (Å²) < 4.78 is 0. The Labute approximate surface area is 150 Å². The number of nitrogens with zero attached hydrogens (tertiary/aromatic N) is 3. The molecule has 124 valence electrons. The fourth-order valence-electron chi connectivity index (χ4n) is 2.12. The topological polar surface area (TPSA) is 46.1 Å². The first-order valence-corrected chi connectivity index (χ1v) is 9.88. The molecule has 1 amide bonds. The van der Waals surface area contributed by atoms with E-state index < -0.39 is 0 Å². The van der Waals surface area contributed by atoms with Crippen LogP contribution in [0.25, 0.3) is 10.6 Å². The zero-order chi connectivity index (χ0) is 17.0. The fraction of sp³-hybridized carbons (Fsp3) is 0.438. The highest BCUT2D eigenvalue weighted by Gasteiger charge is 2.28. The molecular weight excluding hydrogens is 350 g/mol. The lowest BCUT2D eigenvalue weighted by Gasteiger charge is -2.25. The van der Waals surface area contributed by atoms with E-state index in [1.165, 1.54) is 11.3 Å². The summed E-state index contributed by atoms with van der Waals surface area (Å²) >= 11 is 9.43. The molecule has 2 atom stereocenters. The van der Waals surface area contributed by atoms with Crippen LogP contribution in [0.5, 0.6) is 0 Å². The lowest BCUT2D eigenvalue weighted by atomic mass is 10.1. The van der Waals surface area contributed by atoms with Crippen molar-refractivity contribution in [3.05, 3.63) is 29.7 Å². The number of amides is 1. The molecule has 7 heteroatoms. The van der Waals surface area contributed by atoms with Gasteiger partial charge in [0.25, 0.3) is 0 Å². The third-order valence-corrected chi connectivity index (χ3v) is 6.43. The van der Waals surface area contributed by atoms with Gasteiger partial charge in [0.1, 0.15) is 10.0 Å². The smallest absolute Gasteiger partial charge is 0.231 e. The van der Waals surface area contributed by atoms with Crippen molar-refractivity contribution < 1.29 is 4.79 Å². The average molecular weight is 370 g/mol. The number of halogens is 1. The van der Waals surface area contributed by atoms with Gasteiger partial charge in [-0.2, -0.15) is 11.8 Å². The standard InChI is InChI=1S/C16H20ClN3OS2/c1-5-20(15(21)10(2)11(3)22-4)16-13(17)19-14(23-16)12-7-6-8-18-9-12/h6-11H,5H2,1-4H3. The maximum atomic E-state index is 12.8. The molecule has 0 aromatic carbocycles. The first kappa shape index (κ1) is 18.2. The highest BCUT2D eigenvalue weighted by molar-refractivity contribution is 7.99. The summed E-state index contributed by atoms with van der Waals surface area (Å²) in [6.07, 6.45) is 5.48. The van der Waals surface area contributed by atoms with Gasteiger partial charge in [0.2, 0.25) is 5.91 Å². The zero-order valence-electron chi connectivity index (χ0n) is 13.6. The quantitative estimate of drug-likeness (QED) is 0.746. The van der Waals surface area contributed by atoms with E-state index in [9.17, 15) is 4.79 Å². The summed E-state index contributed by atoms with van der Waals surface area (Å²) in [5.41, 5.74) is 0.902. The summed E-state index contributed by atoms with van der Waals surface area (Å²) in [7, 11) is 0. The number of anilines is 1. The van der Waals surface area contributed by atoms with Gasteiger partial charge in [-0.25, -0.2) is 4.98 Å². The van der Waals surface area contributed by atoms with Crippen molar-refractivity contribution in [2.75, 3.05) is 17.7 Å². The van der Waals surface area contributed by atoms with E-state index in [0.29, 0.717) is 16.7 Å². The second-order valence-electron chi connectivity index (χ2n) is 5.17. The number of hydrogen-bond acceptors (Lipinski definition) is 5. The molecule has 0 aliphatic heterocycles. The van der Waals surface area contributed by atoms with E-state index in [0.717, 1.165) is 10.6 Å². The Bertz CT molecular complexity index is 663. The molecule has 2 rings (SSSR count).